The Morgan fingerprint density at radius 3 is 1.36 bits per heavy atom. The molecule has 0 bridgehead atoms. The molecule has 0 aliphatic carbocycles. The fourth-order valence-corrected chi connectivity index (χ4v) is 5.40. The van der Waals surface area contributed by atoms with E-state index in [4.69, 9.17) is 18.9 Å². The molecule has 47 heavy (non-hydrogen) atoms. The van der Waals surface area contributed by atoms with Crippen molar-refractivity contribution >= 4 is 34.0 Å². The quantitative estimate of drug-likeness (QED) is 0.0245. The van der Waals surface area contributed by atoms with Crippen molar-refractivity contribution in [1.82, 2.24) is 0 Å². The smallest absolute Gasteiger partial charge is 0.330 e. The lowest BCUT2D eigenvalue weighted by molar-refractivity contribution is -0.159. The lowest BCUT2D eigenvalue weighted by Crippen LogP contribution is -2.37. The molecule has 0 N–H and O–H groups in total. The zero-order chi connectivity index (χ0) is 34.6. The van der Waals surface area contributed by atoms with Gasteiger partial charge in [-0.2, -0.15) is 0 Å². The van der Waals surface area contributed by atoms with Gasteiger partial charge in [0, 0.05) is 12.2 Å². The molecule has 0 radical (unpaired) electrons. The zero-order valence-electron chi connectivity index (χ0n) is 28.0. The molecule has 0 aromatic heterocycles. The molecular weight excluding hydrogens is 628 g/mol. The highest BCUT2D eigenvalue weighted by atomic mass is 32.2. The zero-order valence-corrected chi connectivity index (χ0v) is 28.9. The molecule has 0 fully saturated rings. The van der Waals surface area contributed by atoms with Gasteiger partial charge in [-0.25, -0.2) is 18.0 Å². The minimum atomic E-state index is -5.31. The van der Waals surface area contributed by atoms with Gasteiger partial charge in [0.1, 0.15) is 35.5 Å². The minimum absolute atomic E-state index is 0. The standard InChI is InChI=1S/C34H58O11S.CH4/c1-5-9-11-13-15-17-19-21-23-28(44-31(35)7-3)26-42-33(37)25-30(46(39,40)41)34(38)43-27-29(45-32(36)8-4)24-22-20-18-16-14-12-10-6-2;/h7-8,28-30H,3-6,9-27H2,1-2H3,(H,39,40,41);1H4/p-1. The fraction of sp³-hybridized carbons (Fsp3) is 0.771. The van der Waals surface area contributed by atoms with Crippen LogP contribution in [0.25, 0.3) is 0 Å². The molecule has 0 aromatic carbocycles. The fourth-order valence-electron chi connectivity index (χ4n) is 4.76. The summed E-state index contributed by atoms with van der Waals surface area (Å²) in [5.41, 5.74) is 0. The first-order valence-corrected chi connectivity index (χ1v) is 18.4. The first-order chi connectivity index (χ1) is 22.0. The minimum Gasteiger partial charge on any atom is -0.747 e. The second-order valence-corrected chi connectivity index (χ2v) is 13.1. The van der Waals surface area contributed by atoms with E-state index in [-0.39, 0.29) is 14.0 Å². The number of rotatable bonds is 30. The van der Waals surface area contributed by atoms with Crippen molar-refractivity contribution < 1.29 is 51.1 Å². The van der Waals surface area contributed by atoms with E-state index in [1.54, 1.807) is 0 Å². The van der Waals surface area contributed by atoms with E-state index in [1.165, 1.54) is 32.1 Å². The third kappa shape index (κ3) is 26.0. The first-order valence-electron chi connectivity index (χ1n) is 16.9. The summed E-state index contributed by atoms with van der Waals surface area (Å²) in [7, 11) is -5.31. The summed E-state index contributed by atoms with van der Waals surface area (Å²) in [4.78, 5) is 48.7. The van der Waals surface area contributed by atoms with E-state index in [0.717, 1.165) is 69.9 Å². The number of carbonyl (C=O) groups is 4. The third-order valence-corrected chi connectivity index (χ3v) is 8.52. The molecule has 3 unspecified atom stereocenters. The Kier molecular flexibility index (Phi) is 29.0. The molecule has 0 rings (SSSR count). The second kappa shape index (κ2) is 29.4. The van der Waals surface area contributed by atoms with Gasteiger partial charge in [0.2, 0.25) is 0 Å². The van der Waals surface area contributed by atoms with E-state index >= 15 is 0 Å². The van der Waals surface area contributed by atoms with Crippen LogP contribution in [0.5, 0.6) is 0 Å². The number of unbranched alkanes of at least 4 members (excludes halogenated alkanes) is 14. The van der Waals surface area contributed by atoms with E-state index in [0.29, 0.717) is 25.7 Å². The van der Waals surface area contributed by atoms with Crippen LogP contribution in [0.1, 0.15) is 143 Å². The van der Waals surface area contributed by atoms with Crippen molar-refractivity contribution in [2.45, 2.75) is 161 Å². The molecule has 274 valence electrons. The van der Waals surface area contributed by atoms with E-state index in [2.05, 4.69) is 27.0 Å². The Morgan fingerprint density at radius 1 is 0.638 bits per heavy atom. The van der Waals surface area contributed by atoms with E-state index < -0.39 is 64.5 Å². The van der Waals surface area contributed by atoms with Gasteiger partial charge in [-0.1, -0.05) is 124 Å². The number of hydrogen-bond donors (Lipinski definition) is 0. The van der Waals surface area contributed by atoms with Crippen LogP contribution in [-0.4, -0.2) is 67.5 Å². The molecule has 0 aromatic rings. The predicted molar refractivity (Wildman–Crippen MR) is 181 cm³/mol. The van der Waals surface area contributed by atoms with Crippen molar-refractivity contribution in [3.8, 4) is 0 Å². The summed E-state index contributed by atoms with van der Waals surface area (Å²) in [5.74, 6) is -4.04. The summed E-state index contributed by atoms with van der Waals surface area (Å²) in [6.45, 7) is 10.1. The summed E-state index contributed by atoms with van der Waals surface area (Å²) in [6.07, 6.45) is 16.7. The van der Waals surface area contributed by atoms with Crippen LogP contribution in [0.2, 0.25) is 0 Å². The summed E-state index contributed by atoms with van der Waals surface area (Å²) in [6, 6.07) is 0. The van der Waals surface area contributed by atoms with Crippen LogP contribution in [0.15, 0.2) is 25.3 Å². The molecule has 0 heterocycles. The van der Waals surface area contributed by atoms with Crippen molar-refractivity contribution in [3.05, 3.63) is 25.3 Å². The van der Waals surface area contributed by atoms with Gasteiger partial charge in [-0.3, -0.25) is 9.59 Å². The van der Waals surface area contributed by atoms with Gasteiger partial charge in [-0.15, -0.1) is 0 Å². The van der Waals surface area contributed by atoms with Gasteiger partial charge >= 0.3 is 23.9 Å². The Hall–Kier alpha value is -2.73. The molecule has 0 aliphatic heterocycles. The highest BCUT2D eigenvalue weighted by Crippen LogP contribution is 2.16. The lowest BCUT2D eigenvalue weighted by atomic mass is 10.1. The number of esters is 4. The maximum atomic E-state index is 12.6. The number of hydrogen-bond acceptors (Lipinski definition) is 11. The second-order valence-electron chi connectivity index (χ2n) is 11.6. The molecule has 0 saturated heterocycles. The number of carbonyl (C=O) groups excluding carboxylic acids is 4. The molecule has 11 nitrogen and oxygen atoms in total. The Bertz CT molecular complexity index is 993. The predicted octanol–water partition coefficient (Wildman–Crippen LogP) is 7.27. The molecule has 0 spiro atoms. The monoisotopic (exact) mass is 689 g/mol. The van der Waals surface area contributed by atoms with E-state index in [1.807, 2.05) is 0 Å². The van der Waals surface area contributed by atoms with Crippen LogP contribution in [0.4, 0.5) is 0 Å². The van der Waals surface area contributed by atoms with Crippen molar-refractivity contribution in [3.63, 3.8) is 0 Å². The summed E-state index contributed by atoms with van der Waals surface area (Å²) >= 11 is 0. The van der Waals surface area contributed by atoms with Gasteiger partial charge in [0.15, 0.2) is 5.25 Å². The van der Waals surface area contributed by atoms with Gasteiger partial charge in [-0.05, 0) is 25.7 Å². The molecule has 3 atom stereocenters. The van der Waals surface area contributed by atoms with Gasteiger partial charge < -0.3 is 23.5 Å². The Labute approximate surface area is 284 Å². The Morgan fingerprint density at radius 2 is 1.00 bits per heavy atom. The SMILES string of the molecule is C.C=CC(=O)OC(CCCCCCCCCC)COC(=O)CC(C(=O)OCC(CCCCCCCCCC)OC(=O)C=C)S(=O)(=O)[O-]. The van der Waals surface area contributed by atoms with Crippen molar-refractivity contribution in [2.24, 2.45) is 0 Å². The number of ether oxygens (including phenoxy) is 4. The maximum absolute atomic E-state index is 12.6. The normalized spacial score (nSPS) is 12.9. The summed E-state index contributed by atoms with van der Waals surface area (Å²) in [5, 5.41) is -2.36. The molecular formula is C35H61O11S-. The van der Waals surface area contributed by atoms with E-state index in [9.17, 15) is 32.1 Å². The molecule has 12 heteroatoms. The average molecular weight is 690 g/mol. The first kappa shape index (κ1) is 46.4. The highest BCUT2D eigenvalue weighted by Gasteiger charge is 2.32. The van der Waals surface area contributed by atoms with Crippen LogP contribution in [0.3, 0.4) is 0 Å². The topological polar surface area (TPSA) is 162 Å². The van der Waals surface area contributed by atoms with Crippen LogP contribution in [-0.2, 0) is 48.2 Å². The van der Waals surface area contributed by atoms with Crippen LogP contribution >= 0.6 is 0 Å². The maximum Gasteiger partial charge on any atom is 0.330 e. The molecule has 0 aliphatic rings. The van der Waals surface area contributed by atoms with Gasteiger partial charge in [0.05, 0.1) is 6.42 Å². The summed E-state index contributed by atoms with van der Waals surface area (Å²) < 4.78 is 56.3. The molecule has 0 amide bonds. The Balaban J connectivity index is 0. The average Bonchev–Trinajstić information content (AvgIpc) is 3.02. The largest absolute Gasteiger partial charge is 0.747 e. The highest BCUT2D eigenvalue weighted by molar-refractivity contribution is 7.87. The van der Waals surface area contributed by atoms with Crippen molar-refractivity contribution in [2.75, 3.05) is 13.2 Å². The van der Waals surface area contributed by atoms with Crippen LogP contribution < -0.4 is 0 Å². The van der Waals surface area contributed by atoms with Gasteiger partial charge in [0.25, 0.3) is 0 Å². The lowest BCUT2D eigenvalue weighted by Gasteiger charge is -2.22. The molecule has 0 saturated carbocycles. The van der Waals surface area contributed by atoms with Crippen molar-refractivity contribution in [1.29, 1.82) is 0 Å². The van der Waals surface area contributed by atoms with Crippen LogP contribution in [0, 0.1) is 0 Å². The third-order valence-electron chi connectivity index (χ3n) is 7.46.